The Bertz CT molecular complexity index is 1960. The number of nitrogens with zero attached hydrogens (tertiary/aromatic N) is 5. The van der Waals surface area contributed by atoms with E-state index in [4.69, 9.17) is 4.98 Å². The Labute approximate surface area is 222 Å². The number of anilines is 1. The smallest absolute Gasteiger partial charge is 0.255 e. The van der Waals surface area contributed by atoms with Crippen molar-refractivity contribution in [3.8, 4) is 34.0 Å². The molecule has 0 aliphatic carbocycles. The number of H-pyrrole nitrogens is 2. The van der Waals surface area contributed by atoms with Crippen LogP contribution in [0.15, 0.2) is 104 Å². The molecule has 7 aromatic rings. The number of aromatic amines is 2. The minimum atomic E-state index is -0.204. The molecule has 0 bridgehead atoms. The normalized spacial score (nSPS) is 11.2. The van der Waals surface area contributed by atoms with E-state index in [2.05, 4.69) is 35.5 Å². The molecule has 1 amide bonds. The number of carbonyl (C=O) groups excluding carboxylic acids is 1. The van der Waals surface area contributed by atoms with Crippen molar-refractivity contribution < 1.29 is 4.79 Å². The van der Waals surface area contributed by atoms with Crippen LogP contribution in [0.5, 0.6) is 0 Å². The average molecular weight is 509 g/mol. The van der Waals surface area contributed by atoms with Crippen molar-refractivity contribution in [2.45, 2.75) is 0 Å². The highest BCUT2D eigenvalue weighted by Crippen LogP contribution is 2.32. The first-order chi connectivity index (χ1) is 19.2. The number of amides is 1. The van der Waals surface area contributed by atoms with Crippen molar-refractivity contribution in [1.82, 2.24) is 35.1 Å². The maximum atomic E-state index is 12.6. The molecule has 0 spiro atoms. The van der Waals surface area contributed by atoms with Crippen molar-refractivity contribution in [3.05, 3.63) is 109 Å². The molecule has 9 nitrogen and oxygen atoms in total. The van der Waals surface area contributed by atoms with Gasteiger partial charge in [-0.2, -0.15) is 5.10 Å². The lowest BCUT2D eigenvalue weighted by atomic mass is 10.1. The summed E-state index contributed by atoms with van der Waals surface area (Å²) in [7, 11) is 0. The number of hydrogen-bond acceptors (Lipinski definition) is 6. The Morgan fingerprint density at radius 3 is 2.56 bits per heavy atom. The van der Waals surface area contributed by atoms with Gasteiger partial charge in [-0.25, -0.2) is 4.98 Å². The summed E-state index contributed by atoms with van der Waals surface area (Å²) in [4.78, 5) is 34.3. The van der Waals surface area contributed by atoms with Gasteiger partial charge in [0.25, 0.3) is 5.91 Å². The molecule has 2 aromatic carbocycles. The zero-order valence-electron chi connectivity index (χ0n) is 20.5. The molecule has 0 radical (unpaired) electrons. The summed E-state index contributed by atoms with van der Waals surface area (Å²) < 4.78 is 0. The minimum absolute atomic E-state index is 0.204. The van der Waals surface area contributed by atoms with Gasteiger partial charge < -0.3 is 10.3 Å². The SMILES string of the molecule is O=C(Nc1cncc(-c2cc3c(-c4nc5c(-c6ccccn6)cccc5[nH]4)n[nH]c3cn2)c1)c1ccccc1. The van der Waals surface area contributed by atoms with Crippen LogP contribution >= 0.6 is 0 Å². The Morgan fingerprint density at radius 1 is 0.795 bits per heavy atom. The van der Waals surface area contributed by atoms with Gasteiger partial charge >= 0.3 is 0 Å². The fourth-order valence-corrected chi connectivity index (χ4v) is 4.57. The summed E-state index contributed by atoms with van der Waals surface area (Å²) in [6.07, 6.45) is 6.83. The highest BCUT2D eigenvalue weighted by molar-refractivity contribution is 6.04. The van der Waals surface area contributed by atoms with Gasteiger partial charge in [-0.1, -0.05) is 36.4 Å². The van der Waals surface area contributed by atoms with E-state index in [1.165, 1.54) is 0 Å². The molecule has 0 saturated carbocycles. The lowest BCUT2D eigenvalue weighted by Gasteiger charge is -2.07. The summed E-state index contributed by atoms with van der Waals surface area (Å²) in [5.41, 5.74) is 7.57. The Hall–Kier alpha value is -5.70. The first kappa shape index (κ1) is 22.5. The summed E-state index contributed by atoms with van der Waals surface area (Å²) in [6.45, 7) is 0. The van der Waals surface area contributed by atoms with E-state index in [0.29, 0.717) is 28.5 Å². The van der Waals surface area contributed by atoms with Crippen molar-refractivity contribution in [3.63, 3.8) is 0 Å². The topological polar surface area (TPSA) is 125 Å². The third-order valence-corrected chi connectivity index (χ3v) is 6.45. The summed E-state index contributed by atoms with van der Waals surface area (Å²) >= 11 is 0. The van der Waals surface area contributed by atoms with Crippen LogP contribution in [0, 0.1) is 0 Å². The maximum Gasteiger partial charge on any atom is 0.255 e. The number of imidazole rings is 1. The van der Waals surface area contributed by atoms with Crippen molar-refractivity contribution in [1.29, 1.82) is 0 Å². The second-order valence-electron chi connectivity index (χ2n) is 8.97. The largest absolute Gasteiger partial charge is 0.337 e. The van der Waals surface area contributed by atoms with Gasteiger partial charge in [0.2, 0.25) is 0 Å². The van der Waals surface area contributed by atoms with E-state index in [1.54, 1.807) is 36.9 Å². The maximum absolute atomic E-state index is 12.6. The second-order valence-corrected chi connectivity index (χ2v) is 8.97. The molecule has 39 heavy (non-hydrogen) atoms. The van der Waals surface area contributed by atoms with Crippen LogP contribution in [0.3, 0.4) is 0 Å². The molecule has 0 atom stereocenters. The number of nitrogens with one attached hydrogen (secondary N) is 3. The predicted molar refractivity (Wildman–Crippen MR) is 150 cm³/mol. The highest BCUT2D eigenvalue weighted by atomic mass is 16.1. The molecular formula is C30H20N8O. The van der Waals surface area contributed by atoms with Crippen LogP contribution in [0.4, 0.5) is 5.69 Å². The number of rotatable bonds is 5. The average Bonchev–Trinajstić information content (AvgIpc) is 3.62. The lowest BCUT2D eigenvalue weighted by molar-refractivity contribution is 0.102. The van der Waals surface area contributed by atoms with Crippen LogP contribution < -0.4 is 5.32 Å². The number of para-hydroxylation sites is 1. The van der Waals surface area contributed by atoms with E-state index in [1.807, 2.05) is 66.7 Å². The molecule has 0 aliphatic heterocycles. The standard InChI is InChI=1S/C30H20N8O/c39-30(18-7-2-1-3-8-18)34-20-13-19(15-31-16-20)25-14-22-26(17-33-25)37-38-28(22)29-35-24-11-6-9-21(27(24)36-29)23-10-4-5-12-32-23/h1-17H,(H,34,39)(H,35,36)(H,37,38). The first-order valence-corrected chi connectivity index (χ1v) is 12.3. The molecular weight excluding hydrogens is 488 g/mol. The summed E-state index contributed by atoms with van der Waals surface area (Å²) in [5, 5.41) is 11.4. The van der Waals surface area contributed by atoms with Gasteiger partial charge in [-0.3, -0.25) is 24.8 Å². The minimum Gasteiger partial charge on any atom is -0.337 e. The van der Waals surface area contributed by atoms with E-state index in [9.17, 15) is 4.79 Å². The van der Waals surface area contributed by atoms with Gasteiger partial charge in [0, 0.05) is 34.5 Å². The third-order valence-electron chi connectivity index (χ3n) is 6.45. The van der Waals surface area contributed by atoms with E-state index in [0.717, 1.165) is 38.8 Å². The summed E-state index contributed by atoms with van der Waals surface area (Å²) in [5.74, 6) is 0.434. The monoisotopic (exact) mass is 508 g/mol. The fourth-order valence-electron chi connectivity index (χ4n) is 4.57. The molecule has 5 heterocycles. The van der Waals surface area contributed by atoms with Crippen molar-refractivity contribution in [2.24, 2.45) is 0 Å². The Balaban J connectivity index is 1.25. The van der Waals surface area contributed by atoms with Gasteiger partial charge in [0.1, 0.15) is 5.69 Å². The zero-order chi connectivity index (χ0) is 26.2. The zero-order valence-corrected chi connectivity index (χ0v) is 20.5. The molecule has 186 valence electrons. The molecule has 0 unspecified atom stereocenters. The van der Waals surface area contributed by atoms with Gasteiger partial charge in [-0.15, -0.1) is 0 Å². The van der Waals surface area contributed by atoms with E-state index < -0.39 is 0 Å². The predicted octanol–water partition coefficient (Wildman–Crippen LogP) is 5.88. The quantitative estimate of drug-likeness (QED) is 0.267. The summed E-state index contributed by atoms with van der Waals surface area (Å²) in [6, 6.07) is 24.6. The molecule has 0 aliphatic rings. The number of carbonyl (C=O) groups is 1. The number of hydrogen-bond donors (Lipinski definition) is 3. The Morgan fingerprint density at radius 2 is 1.69 bits per heavy atom. The third kappa shape index (κ3) is 4.17. The second kappa shape index (κ2) is 9.31. The molecule has 7 rings (SSSR count). The van der Waals surface area contributed by atoms with Gasteiger partial charge in [0.15, 0.2) is 5.82 Å². The molecule has 3 N–H and O–H groups in total. The van der Waals surface area contributed by atoms with E-state index >= 15 is 0 Å². The lowest BCUT2D eigenvalue weighted by Crippen LogP contribution is -2.11. The number of fused-ring (bicyclic) bond motifs is 2. The van der Waals surface area contributed by atoms with Crippen LogP contribution in [0.25, 0.3) is 56.0 Å². The first-order valence-electron chi connectivity index (χ1n) is 12.3. The van der Waals surface area contributed by atoms with Gasteiger partial charge in [0.05, 0.1) is 46.0 Å². The van der Waals surface area contributed by atoms with Crippen molar-refractivity contribution >= 4 is 33.5 Å². The fraction of sp³-hybridized carbons (Fsp3) is 0. The number of aromatic nitrogens is 7. The van der Waals surface area contributed by atoms with Crippen LogP contribution in [-0.4, -0.2) is 41.0 Å². The van der Waals surface area contributed by atoms with E-state index in [-0.39, 0.29) is 5.91 Å². The highest BCUT2D eigenvalue weighted by Gasteiger charge is 2.17. The van der Waals surface area contributed by atoms with Crippen LogP contribution in [-0.2, 0) is 0 Å². The Kier molecular flexibility index (Phi) is 5.37. The molecule has 9 heteroatoms. The number of benzene rings is 2. The molecule has 0 fully saturated rings. The van der Waals surface area contributed by atoms with Crippen LogP contribution in [0.2, 0.25) is 0 Å². The van der Waals surface area contributed by atoms with Crippen molar-refractivity contribution in [2.75, 3.05) is 5.32 Å². The molecule has 5 aromatic heterocycles. The number of pyridine rings is 3. The van der Waals surface area contributed by atoms with Crippen LogP contribution in [0.1, 0.15) is 10.4 Å². The van der Waals surface area contributed by atoms with Gasteiger partial charge in [-0.05, 0) is 42.5 Å². The molecule has 0 saturated heterocycles.